The van der Waals surface area contributed by atoms with E-state index in [1.54, 1.807) is 20.3 Å². The van der Waals surface area contributed by atoms with Crippen LogP contribution in [-0.2, 0) is 0 Å². The van der Waals surface area contributed by atoms with Gasteiger partial charge in [0.1, 0.15) is 11.5 Å². The maximum atomic E-state index is 13.1. The van der Waals surface area contributed by atoms with E-state index in [-0.39, 0.29) is 30.0 Å². The average molecular weight is 549 g/mol. The van der Waals surface area contributed by atoms with Crippen molar-refractivity contribution in [2.24, 2.45) is 5.92 Å². The highest BCUT2D eigenvalue weighted by atomic mass is 35.5. The molecule has 1 amide bonds. The quantitative estimate of drug-likeness (QED) is 0.506. The molecule has 4 unspecified atom stereocenters. The molecule has 0 radical (unpaired) electrons. The summed E-state index contributed by atoms with van der Waals surface area (Å²) in [5, 5.41) is 4.26. The van der Waals surface area contributed by atoms with Crippen molar-refractivity contribution in [1.29, 1.82) is 0 Å². The Labute approximate surface area is 228 Å². The molecule has 8 nitrogen and oxygen atoms in total. The van der Waals surface area contributed by atoms with Gasteiger partial charge in [-0.1, -0.05) is 23.2 Å². The number of hydrogen-bond acceptors (Lipinski definition) is 7. The molecule has 2 heterocycles. The third kappa shape index (κ3) is 5.36. The summed E-state index contributed by atoms with van der Waals surface area (Å²) < 4.78 is 10.9. The number of amides is 1. The number of hydrazine groups is 1. The van der Waals surface area contributed by atoms with Crippen molar-refractivity contribution in [2.75, 3.05) is 52.3 Å². The summed E-state index contributed by atoms with van der Waals surface area (Å²) in [6.07, 6.45) is 2.49. The molecule has 0 spiro atoms. The maximum Gasteiger partial charge on any atom is 0.252 e. The minimum atomic E-state index is -0.151. The van der Waals surface area contributed by atoms with Gasteiger partial charge >= 0.3 is 0 Å². The van der Waals surface area contributed by atoms with Crippen LogP contribution in [0.15, 0.2) is 30.3 Å². The van der Waals surface area contributed by atoms with Crippen LogP contribution >= 0.6 is 23.2 Å². The summed E-state index contributed by atoms with van der Waals surface area (Å²) in [7, 11) is 5.32. The number of anilines is 1. The van der Waals surface area contributed by atoms with Crippen molar-refractivity contribution in [3.8, 4) is 11.5 Å². The van der Waals surface area contributed by atoms with Crippen molar-refractivity contribution in [1.82, 2.24) is 21.1 Å². The minimum Gasteiger partial charge on any atom is -0.495 e. The zero-order valence-electron chi connectivity index (χ0n) is 21.5. The fourth-order valence-corrected chi connectivity index (χ4v) is 6.65. The third-order valence-corrected chi connectivity index (χ3v) is 8.84. The predicted octanol–water partition coefficient (Wildman–Crippen LogP) is 3.88. The van der Waals surface area contributed by atoms with Gasteiger partial charge in [-0.2, -0.15) is 0 Å². The summed E-state index contributed by atoms with van der Waals surface area (Å²) in [5.74, 6) is 1.45. The van der Waals surface area contributed by atoms with Gasteiger partial charge in [0.05, 0.1) is 30.4 Å². The van der Waals surface area contributed by atoms with Gasteiger partial charge in [-0.25, -0.2) is 5.43 Å². The van der Waals surface area contributed by atoms with Gasteiger partial charge in [-0.15, -0.1) is 0 Å². The first-order valence-corrected chi connectivity index (χ1v) is 13.6. The molecule has 1 aliphatic carbocycles. The lowest BCUT2D eigenvalue weighted by Crippen LogP contribution is -2.47. The van der Waals surface area contributed by atoms with Crippen LogP contribution < -0.4 is 30.5 Å². The van der Waals surface area contributed by atoms with E-state index in [4.69, 9.17) is 32.7 Å². The molecule has 4 atom stereocenters. The lowest BCUT2D eigenvalue weighted by molar-refractivity contribution is 0.0915. The van der Waals surface area contributed by atoms with Crippen LogP contribution in [0.2, 0.25) is 10.0 Å². The molecule has 3 fully saturated rings. The van der Waals surface area contributed by atoms with Crippen LogP contribution in [0.5, 0.6) is 11.5 Å². The lowest BCUT2D eigenvalue weighted by Gasteiger charge is -2.34. The van der Waals surface area contributed by atoms with Gasteiger partial charge in [0.2, 0.25) is 0 Å². The fourth-order valence-electron chi connectivity index (χ4n) is 5.84. The van der Waals surface area contributed by atoms with Crippen LogP contribution in [0.25, 0.3) is 0 Å². The average Bonchev–Trinajstić information content (AvgIpc) is 3.31. The molecule has 2 aromatic rings. The van der Waals surface area contributed by atoms with E-state index in [1.807, 2.05) is 24.3 Å². The summed E-state index contributed by atoms with van der Waals surface area (Å²) in [6.45, 7) is 4.11. The lowest BCUT2D eigenvalue weighted by atomic mass is 9.75. The first-order chi connectivity index (χ1) is 17.9. The van der Waals surface area contributed by atoms with Crippen molar-refractivity contribution >= 4 is 34.8 Å². The second-order valence-corrected chi connectivity index (χ2v) is 10.9. The van der Waals surface area contributed by atoms with Crippen LogP contribution in [0, 0.1) is 5.92 Å². The molecule has 5 rings (SSSR count). The number of hydrogen-bond donors (Lipinski definition) is 3. The summed E-state index contributed by atoms with van der Waals surface area (Å²) in [4.78, 5) is 17.8. The molecule has 2 saturated heterocycles. The normalized spacial score (nSPS) is 26.0. The first kappa shape index (κ1) is 26.4. The minimum absolute atomic E-state index is 0.0735. The van der Waals surface area contributed by atoms with E-state index in [1.165, 1.54) is 0 Å². The standard InChI is InChI=1S/C27H35Cl2N5O3/c1-33-10-12-34(13-11-33)18-7-4-16(5-8-18)27(35)30-26-19-9-6-17(14-20(19)31-32-26)23-24(28)21(36-2)15-22(37-3)25(23)29/h4-5,7-8,15,17,19-20,26,31-32H,6,9-14H2,1-3H3,(H,30,35). The Hall–Kier alpha value is -2.23. The number of benzene rings is 2. The van der Waals surface area contributed by atoms with Gasteiger partial charge in [0, 0.05) is 61.0 Å². The first-order valence-electron chi connectivity index (χ1n) is 12.8. The van der Waals surface area contributed by atoms with Crippen molar-refractivity contribution < 1.29 is 14.3 Å². The van der Waals surface area contributed by atoms with Gasteiger partial charge in [-0.05, 0) is 56.5 Å². The highest BCUT2D eigenvalue weighted by molar-refractivity contribution is 6.38. The second-order valence-electron chi connectivity index (χ2n) is 10.2. The molecule has 37 heavy (non-hydrogen) atoms. The van der Waals surface area contributed by atoms with E-state index >= 15 is 0 Å². The summed E-state index contributed by atoms with van der Waals surface area (Å²) >= 11 is 13.4. The predicted molar refractivity (Wildman–Crippen MR) is 147 cm³/mol. The highest BCUT2D eigenvalue weighted by Crippen LogP contribution is 2.49. The number of fused-ring (bicyclic) bond motifs is 1. The monoisotopic (exact) mass is 547 g/mol. The van der Waals surface area contributed by atoms with Crippen molar-refractivity contribution in [2.45, 2.75) is 37.4 Å². The van der Waals surface area contributed by atoms with Crippen LogP contribution in [-0.4, -0.2) is 70.5 Å². The smallest absolute Gasteiger partial charge is 0.252 e. The Morgan fingerprint density at radius 2 is 1.62 bits per heavy atom. The Morgan fingerprint density at radius 3 is 2.24 bits per heavy atom. The SMILES string of the molecule is COc1cc(OC)c(Cl)c(C2CCC3C(C2)NNC3NC(=O)c2ccc(N3CCN(C)CC3)cc2)c1Cl. The zero-order chi connectivity index (χ0) is 26.1. The molecular weight excluding hydrogens is 513 g/mol. The van der Waals surface area contributed by atoms with E-state index < -0.39 is 0 Å². The van der Waals surface area contributed by atoms with Crippen molar-refractivity contribution in [3.05, 3.63) is 51.5 Å². The number of halogens is 2. The molecule has 10 heteroatoms. The van der Waals surface area contributed by atoms with E-state index in [9.17, 15) is 4.79 Å². The Balaban J connectivity index is 1.22. The Morgan fingerprint density at radius 1 is 0.973 bits per heavy atom. The van der Waals surface area contributed by atoms with Gasteiger partial charge < -0.3 is 24.6 Å². The molecule has 3 N–H and O–H groups in total. The zero-order valence-corrected chi connectivity index (χ0v) is 23.0. The molecule has 0 bridgehead atoms. The molecule has 3 aliphatic rings. The van der Waals surface area contributed by atoms with Crippen LogP contribution in [0.3, 0.4) is 0 Å². The fraction of sp³-hybridized carbons (Fsp3) is 0.519. The number of methoxy groups -OCH3 is 2. The summed E-state index contributed by atoms with van der Waals surface area (Å²) in [5.41, 5.74) is 9.39. The Kier molecular flexibility index (Phi) is 8.02. The molecule has 0 aromatic heterocycles. The van der Waals surface area contributed by atoms with E-state index in [2.05, 4.69) is 33.0 Å². The number of nitrogens with one attached hydrogen (secondary N) is 3. The van der Waals surface area contributed by atoms with E-state index in [0.717, 1.165) is 56.7 Å². The number of carbonyl (C=O) groups excluding carboxylic acids is 1. The molecular formula is C27H35Cl2N5O3. The summed E-state index contributed by atoms with van der Waals surface area (Å²) in [6, 6.07) is 9.82. The molecule has 1 saturated carbocycles. The number of rotatable bonds is 6. The van der Waals surface area contributed by atoms with E-state index in [0.29, 0.717) is 27.1 Å². The Bertz CT molecular complexity index is 1100. The van der Waals surface area contributed by atoms with Crippen molar-refractivity contribution in [3.63, 3.8) is 0 Å². The molecule has 2 aromatic carbocycles. The number of likely N-dealkylation sites (N-methyl/N-ethyl adjacent to an activating group) is 1. The van der Waals surface area contributed by atoms with Gasteiger partial charge in [-0.3, -0.25) is 10.2 Å². The second kappa shape index (κ2) is 11.3. The molecule has 2 aliphatic heterocycles. The number of nitrogens with zero attached hydrogens (tertiary/aromatic N) is 2. The van der Waals surface area contributed by atoms with Gasteiger partial charge in [0.15, 0.2) is 0 Å². The van der Waals surface area contributed by atoms with Crippen LogP contribution in [0.4, 0.5) is 5.69 Å². The maximum absolute atomic E-state index is 13.1. The van der Waals surface area contributed by atoms with Gasteiger partial charge in [0.25, 0.3) is 5.91 Å². The largest absolute Gasteiger partial charge is 0.495 e. The number of piperazine rings is 1. The highest BCUT2D eigenvalue weighted by Gasteiger charge is 2.42. The topological polar surface area (TPSA) is 78.1 Å². The molecule has 200 valence electrons. The third-order valence-electron chi connectivity index (χ3n) is 8.06. The number of ether oxygens (including phenoxy) is 2. The van der Waals surface area contributed by atoms with Crippen LogP contribution in [0.1, 0.15) is 41.1 Å². The number of carbonyl (C=O) groups is 1.